The predicted molar refractivity (Wildman–Crippen MR) is 84.0 cm³/mol. The molecule has 0 aromatic heterocycles. The smallest absolute Gasteiger partial charge is 0.303 e. The first-order chi connectivity index (χ1) is 10.1. The fraction of sp³-hybridized carbons (Fsp3) is 1.00. The highest BCUT2D eigenvalue weighted by atomic mass is 32.3. The van der Waals surface area contributed by atoms with Gasteiger partial charge in [0, 0.05) is 0 Å². The van der Waals surface area contributed by atoms with Crippen molar-refractivity contribution >= 4 is 18.2 Å². The van der Waals surface area contributed by atoms with Crippen molar-refractivity contribution in [2.24, 2.45) is 0 Å². The summed E-state index contributed by atoms with van der Waals surface area (Å²) in [5.74, 6) is 0. The summed E-state index contributed by atoms with van der Waals surface area (Å²) in [5, 5.41) is 0. The Morgan fingerprint density at radius 1 is 0.818 bits per heavy atom. The van der Waals surface area contributed by atoms with E-state index in [1.165, 1.54) is 44.9 Å². The number of phosphoric acid groups is 1. The lowest BCUT2D eigenvalue weighted by Gasteiger charge is -2.05. The Hall–Kier alpha value is -0.0200. The Kier molecular flexibility index (Phi) is 16.0. The molecule has 0 fully saturated rings. The van der Waals surface area contributed by atoms with Gasteiger partial charge in [0.2, 0.25) is 0 Å². The molecule has 0 aromatic rings. The third-order valence-electron chi connectivity index (χ3n) is 2.76. The van der Waals surface area contributed by atoms with Crippen LogP contribution in [0.1, 0.15) is 71.1 Å². The average Bonchev–Trinajstić information content (AvgIpc) is 2.32. The minimum atomic E-state index is -4.67. The van der Waals surface area contributed by atoms with Crippen LogP contribution in [0.15, 0.2) is 0 Å². The van der Waals surface area contributed by atoms with E-state index in [0.29, 0.717) is 0 Å². The zero-order valence-electron chi connectivity index (χ0n) is 13.1. The standard InChI is InChI=1S/C12H27O4P.H2O4S/c1-2-3-4-5-6-7-8-9-10-11-12-16-17(13,14)15;1-5(2,3)4/h2-12H2,1H3,(H2,13,14,15);(H2,1,2,3,4). The molecule has 0 bridgehead atoms. The summed E-state index contributed by atoms with van der Waals surface area (Å²) >= 11 is 0. The van der Waals surface area contributed by atoms with Gasteiger partial charge in [0.15, 0.2) is 0 Å². The Bertz CT molecular complexity index is 371. The van der Waals surface area contributed by atoms with Gasteiger partial charge in [-0.05, 0) is 6.42 Å². The maximum Gasteiger partial charge on any atom is 0.469 e. The maximum atomic E-state index is 10.4. The van der Waals surface area contributed by atoms with Gasteiger partial charge in [-0.3, -0.25) is 13.6 Å². The molecule has 0 saturated carbocycles. The molecule has 0 aliphatic rings. The molecular weight excluding hydrogens is 335 g/mol. The van der Waals surface area contributed by atoms with Crippen molar-refractivity contribution in [3.05, 3.63) is 0 Å². The van der Waals surface area contributed by atoms with Gasteiger partial charge in [-0.25, -0.2) is 4.57 Å². The van der Waals surface area contributed by atoms with E-state index in [4.69, 9.17) is 27.3 Å². The zero-order valence-corrected chi connectivity index (χ0v) is 14.8. The molecular formula is C12H29O8PS. The monoisotopic (exact) mass is 364 g/mol. The second-order valence-corrected chi connectivity index (χ2v) is 7.09. The van der Waals surface area contributed by atoms with Gasteiger partial charge in [-0.1, -0.05) is 64.7 Å². The van der Waals surface area contributed by atoms with Gasteiger partial charge in [0.05, 0.1) is 6.61 Å². The lowest BCUT2D eigenvalue weighted by Crippen LogP contribution is -1.92. The first-order valence-electron chi connectivity index (χ1n) is 7.46. The summed E-state index contributed by atoms with van der Waals surface area (Å²) in [4.78, 5) is 16.9. The Balaban J connectivity index is 0. The van der Waals surface area contributed by atoms with E-state index in [2.05, 4.69) is 11.4 Å². The molecule has 0 spiro atoms. The van der Waals surface area contributed by atoms with Gasteiger partial charge in [-0.2, -0.15) is 8.42 Å². The van der Waals surface area contributed by atoms with Crippen molar-refractivity contribution in [2.45, 2.75) is 71.1 Å². The van der Waals surface area contributed by atoms with Crippen LogP contribution in [-0.4, -0.2) is 33.9 Å². The molecule has 0 aromatic carbocycles. The first-order valence-corrected chi connectivity index (χ1v) is 10.4. The van der Waals surface area contributed by atoms with Crippen molar-refractivity contribution in [1.29, 1.82) is 0 Å². The minimum absolute atomic E-state index is 0.167. The number of rotatable bonds is 12. The van der Waals surface area contributed by atoms with Crippen molar-refractivity contribution in [3.63, 3.8) is 0 Å². The van der Waals surface area contributed by atoms with Crippen molar-refractivity contribution in [2.75, 3.05) is 6.61 Å². The molecule has 4 N–H and O–H groups in total. The van der Waals surface area contributed by atoms with Crippen LogP contribution in [0.2, 0.25) is 0 Å². The summed E-state index contributed by atoms with van der Waals surface area (Å²) in [7, 11) is -8.91. The van der Waals surface area contributed by atoms with E-state index >= 15 is 0 Å². The van der Waals surface area contributed by atoms with Crippen LogP contribution in [-0.2, 0) is 19.5 Å². The molecule has 0 heterocycles. The molecule has 0 atom stereocenters. The van der Waals surface area contributed by atoms with Gasteiger partial charge in [0.25, 0.3) is 0 Å². The second kappa shape index (κ2) is 14.6. The number of hydrogen-bond acceptors (Lipinski definition) is 4. The fourth-order valence-electron chi connectivity index (χ4n) is 1.77. The van der Waals surface area contributed by atoms with E-state index < -0.39 is 18.2 Å². The average molecular weight is 364 g/mol. The third kappa shape index (κ3) is 36.8. The van der Waals surface area contributed by atoms with Crippen LogP contribution in [0.5, 0.6) is 0 Å². The summed E-state index contributed by atoms with van der Waals surface area (Å²) in [5.41, 5.74) is 0. The molecule has 0 aliphatic carbocycles. The summed E-state index contributed by atoms with van der Waals surface area (Å²) < 4.78 is 46.3. The quantitative estimate of drug-likeness (QED) is 0.235. The summed E-state index contributed by atoms with van der Waals surface area (Å²) in [6.07, 6.45) is 12.0. The summed E-state index contributed by atoms with van der Waals surface area (Å²) in [6, 6.07) is 0. The number of phosphoric ester groups is 1. The molecule has 10 heteroatoms. The highest BCUT2D eigenvalue weighted by molar-refractivity contribution is 7.79. The molecule has 22 heavy (non-hydrogen) atoms. The fourth-order valence-corrected chi connectivity index (χ4v) is 2.14. The Labute approximate surface area is 133 Å². The van der Waals surface area contributed by atoms with E-state index in [1.54, 1.807) is 0 Å². The Morgan fingerprint density at radius 2 is 1.14 bits per heavy atom. The van der Waals surface area contributed by atoms with Crippen LogP contribution in [0.25, 0.3) is 0 Å². The van der Waals surface area contributed by atoms with Crippen LogP contribution < -0.4 is 0 Å². The SMILES string of the molecule is CCCCCCCCCCCCOP(=O)(O)O.O=S(=O)(O)O. The Morgan fingerprint density at radius 3 is 1.45 bits per heavy atom. The zero-order chi connectivity index (χ0) is 17.5. The summed E-state index contributed by atoms with van der Waals surface area (Å²) in [6.45, 7) is 2.39. The number of unbranched alkanes of at least 4 members (excludes halogenated alkanes) is 9. The molecule has 0 radical (unpaired) electrons. The van der Waals surface area contributed by atoms with Crippen molar-refractivity contribution in [1.82, 2.24) is 0 Å². The maximum absolute atomic E-state index is 10.4. The predicted octanol–water partition coefficient (Wildman–Crippen LogP) is 3.36. The molecule has 0 amide bonds. The molecule has 0 saturated heterocycles. The second-order valence-electron chi connectivity index (χ2n) is 4.95. The normalized spacial score (nSPS) is 11.9. The van der Waals surface area contributed by atoms with Crippen LogP contribution in [0.3, 0.4) is 0 Å². The van der Waals surface area contributed by atoms with Crippen molar-refractivity contribution < 1.29 is 36.4 Å². The topological polar surface area (TPSA) is 141 Å². The number of hydrogen-bond donors (Lipinski definition) is 4. The minimum Gasteiger partial charge on any atom is -0.303 e. The molecule has 0 rings (SSSR count). The lowest BCUT2D eigenvalue weighted by atomic mass is 10.1. The molecule has 8 nitrogen and oxygen atoms in total. The van der Waals surface area contributed by atoms with Gasteiger partial charge in [0.1, 0.15) is 0 Å². The van der Waals surface area contributed by atoms with E-state index in [0.717, 1.165) is 19.3 Å². The van der Waals surface area contributed by atoms with E-state index in [9.17, 15) is 4.57 Å². The molecule has 0 unspecified atom stereocenters. The van der Waals surface area contributed by atoms with Gasteiger partial charge in [-0.15, -0.1) is 0 Å². The molecule has 0 aliphatic heterocycles. The lowest BCUT2D eigenvalue weighted by molar-refractivity contribution is 0.193. The van der Waals surface area contributed by atoms with E-state index in [-0.39, 0.29) is 6.61 Å². The van der Waals surface area contributed by atoms with Crippen LogP contribution in [0.4, 0.5) is 0 Å². The first kappa shape index (κ1) is 24.2. The van der Waals surface area contributed by atoms with Crippen molar-refractivity contribution in [3.8, 4) is 0 Å². The highest BCUT2D eigenvalue weighted by Gasteiger charge is 2.12. The molecule has 136 valence electrons. The van der Waals surface area contributed by atoms with E-state index in [1.807, 2.05) is 0 Å². The van der Waals surface area contributed by atoms with Gasteiger partial charge >= 0.3 is 18.2 Å². The van der Waals surface area contributed by atoms with Gasteiger partial charge < -0.3 is 9.79 Å². The highest BCUT2D eigenvalue weighted by Crippen LogP contribution is 2.35. The van der Waals surface area contributed by atoms with Crippen LogP contribution >= 0.6 is 7.82 Å². The third-order valence-corrected chi connectivity index (χ3v) is 3.28. The van der Waals surface area contributed by atoms with Crippen LogP contribution in [0, 0.1) is 0 Å². The largest absolute Gasteiger partial charge is 0.469 e.